The Hall–Kier alpha value is -2.10. The van der Waals surface area contributed by atoms with Crippen LogP contribution in [0.4, 0.5) is 0 Å². The van der Waals surface area contributed by atoms with E-state index in [1.54, 1.807) is 18.7 Å². The molecule has 0 radical (unpaired) electrons. The molecule has 0 fully saturated rings. The minimum atomic E-state index is 0.772. The van der Waals surface area contributed by atoms with Gasteiger partial charge in [-0.25, -0.2) is 4.98 Å². The lowest BCUT2D eigenvalue weighted by atomic mass is 10.4. The highest BCUT2D eigenvalue weighted by molar-refractivity contribution is 5.56. The van der Waals surface area contributed by atoms with E-state index in [4.69, 9.17) is 4.42 Å². The van der Waals surface area contributed by atoms with Crippen molar-refractivity contribution in [2.45, 2.75) is 0 Å². The van der Waals surface area contributed by atoms with Crippen LogP contribution in [0.5, 0.6) is 0 Å². The lowest BCUT2D eigenvalue weighted by Crippen LogP contribution is -1.81. The van der Waals surface area contributed by atoms with Crippen LogP contribution in [0.15, 0.2) is 47.6 Å². The lowest BCUT2D eigenvalue weighted by molar-refractivity contribution is 0.580. The minimum Gasteiger partial charge on any atom is -0.463 e. The van der Waals surface area contributed by atoms with E-state index in [2.05, 4.69) is 9.97 Å². The zero-order valence-electron chi connectivity index (χ0n) is 7.29. The maximum atomic E-state index is 5.25. The summed E-state index contributed by atoms with van der Waals surface area (Å²) in [4.78, 5) is 8.36. The summed E-state index contributed by atoms with van der Waals surface area (Å²) < 4.78 is 7.16. The van der Waals surface area contributed by atoms with E-state index in [9.17, 15) is 0 Å². The summed E-state index contributed by atoms with van der Waals surface area (Å²) in [5.74, 6) is 0.772. The van der Waals surface area contributed by atoms with E-state index < -0.39 is 0 Å². The van der Waals surface area contributed by atoms with Crippen LogP contribution in [0, 0.1) is 0 Å². The van der Waals surface area contributed by atoms with Gasteiger partial charge in [-0.2, -0.15) is 0 Å². The molecule has 0 aliphatic heterocycles. The summed E-state index contributed by atoms with van der Waals surface area (Å²) in [6.45, 7) is 0. The van der Waals surface area contributed by atoms with Crippen LogP contribution in [0.25, 0.3) is 17.1 Å². The number of imidazole rings is 1. The van der Waals surface area contributed by atoms with Gasteiger partial charge in [-0.05, 0) is 12.1 Å². The SMILES string of the molecule is c1coc(-c2cn3ccncc3n2)c1. The van der Waals surface area contributed by atoms with Gasteiger partial charge in [0.15, 0.2) is 11.4 Å². The molecule has 0 N–H and O–H groups in total. The van der Waals surface area contributed by atoms with Crippen LogP contribution < -0.4 is 0 Å². The number of fused-ring (bicyclic) bond motifs is 1. The van der Waals surface area contributed by atoms with Crippen molar-refractivity contribution in [1.82, 2.24) is 14.4 Å². The lowest BCUT2D eigenvalue weighted by Gasteiger charge is -1.86. The number of hydrogen-bond donors (Lipinski definition) is 0. The first kappa shape index (κ1) is 7.32. The number of rotatable bonds is 1. The van der Waals surface area contributed by atoms with Crippen LogP contribution >= 0.6 is 0 Å². The van der Waals surface area contributed by atoms with Crippen molar-refractivity contribution in [1.29, 1.82) is 0 Å². The van der Waals surface area contributed by atoms with Crippen LogP contribution in [-0.4, -0.2) is 14.4 Å². The average molecular weight is 185 g/mol. The number of furan rings is 1. The zero-order valence-corrected chi connectivity index (χ0v) is 7.29. The van der Waals surface area contributed by atoms with E-state index >= 15 is 0 Å². The third-order valence-corrected chi connectivity index (χ3v) is 2.04. The zero-order chi connectivity index (χ0) is 9.38. The summed E-state index contributed by atoms with van der Waals surface area (Å²) in [5, 5.41) is 0. The van der Waals surface area contributed by atoms with Gasteiger partial charge in [-0.3, -0.25) is 4.98 Å². The van der Waals surface area contributed by atoms with Gasteiger partial charge >= 0.3 is 0 Å². The first-order chi connectivity index (χ1) is 6.93. The van der Waals surface area contributed by atoms with Crippen molar-refractivity contribution >= 4 is 5.65 Å². The number of hydrogen-bond acceptors (Lipinski definition) is 3. The van der Waals surface area contributed by atoms with Gasteiger partial charge in [-0.1, -0.05) is 0 Å². The monoisotopic (exact) mass is 185 g/mol. The molecular weight excluding hydrogens is 178 g/mol. The Balaban J connectivity index is 2.24. The van der Waals surface area contributed by atoms with Gasteiger partial charge in [0, 0.05) is 18.6 Å². The quantitative estimate of drug-likeness (QED) is 0.582. The molecule has 0 spiro atoms. The van der Waals surface area contributed by atoms with E-state index in [0.29, 0.717) is 0 Å². The second-order valence-corrected chi connectivity index (χ2v) is 2.95. The van der Waals surface area contributed by atoms with Crippen molar-refractivity contribution in [2.75, 3.05) is 0 Å². The predicted octanol–water partition coefficient (Wildman–Crippen LogP) is 1.99. The Bertz CT molecular complexity index is 521. The molecule has 3 heterocycles. The Kier molecular flexibility index (Phi) is 1.41. The molecule has 3 aromatic rings. The second-order valence-electron chi connectivity index (χ2n) is 2.95. The van der Waals surface area contributed by atoms with Crippen molar-refractivity contribution in [3.63, 3.8) is 0 Å². The summed E-state index contributed by atoms with van der Waals surface area (Å²) in [6, 6.07) is 3.73. The van der Waals surface area contributed by atoms with Crippen LogP contribution in [0.1, 0.15) is 0 Å². The summed E-state index contributed by atoms with van der Waals surface area (Å²) in [5.41, 5.74) is 1.64. The fourth-order valence-electron chi connectivity index (χ4n) is 1.39. The number of aromatic nitrogens is 3. The van der Waals surface area contributed by atoms with Gasteiger partial charge in [0.05, 0.1) is 12.5 Å². The maximum absolute atomic E-state index is 5.25. The Labute approximate surface area is 79.8 Å². The first-order valence-electron chi connectivity index (χ1n) is 4.26. The molecule has 14 heavy (non-hydrogen) atoms. The fraction of sp³-hybridized carbons (Fsp3) is 0. The average Bonchev–Trinajstić information content (AvgIpc) is 2.86. The Morgan fingerprint density at radius 3 is 3.14 bits per heavy atom. The summed E-state index contributed by atoms with van der Waals surface area (Å²) >= 11 is 0. The normalized spacial score (nSPS) is 10.9. The van der Waals surface area contributed by atoms with E-state index in [-0.39, 0.29) is 0 Å². The molecule has 68 valence electrons. The second kappa shape index (κ2) is 2.70. The Morgan fingerprint density at radius 1 is 1.36 bits per heavy atom. The van der Waals surface area contributed by atoms with E-state index in [1.165, 1.54) is 0 Å². The van der Waals surface area contributed by atoms with Gasteiger partial charge in [-0.15, -0.1) is 0 Å². The molecule has 3 aromatic heterocycles. The van der Waals surface area contributed by atoms with E-state index in [1.807, 2.05) is 28.9 Å². The van der Waals surface area contributed by atoms with Crippen LogP contribution in [0.3, 0.4) is 0 Å². The summed E-state index contributed by atoms with van der Waals surface area (Å²) in [7, 11) is 0. The van der Waals surface area contributed by atoms with Crippen molar-refractivity contribution in [3.05, 3.63) is 43.2 Å². The standard InChI is InChI=1S/C10H7N3O/c1-2-9(14-5-1)8-7-13-4-3-11-6-10(13)12-8/h1-7H. The third kappa shape index (κ3) is 1.01. The van der Waals surface area contributed by atoms with Crippen molar-refractivity contribution in [2.24, 2.45) is 0 Å². The molecule has 0 saturated heterocycles. The van der Waals surface area contributed by atoms with Gasteiger partial charge in [0.1, 0.15) is 5.69 Å². The highest BCUT2D eigenvalue weighted by atomic mass is 16.3. The molecule has 0 saturated carbocycles. The molecule has 3 rings (SSSR count). The molecule has 0 bridgehead atoms. The Morgan fingerprint density at radius 2 is 2.36 bits per heavy atom. The first-order valence-corrected chi connectivity index (χ1v) is 4.26. The highest BCUT2D eigenvalue weighted by Crippen LogP contribution is 2.18. The molecule has 0 aromatic carbocycles. The highest BCUT2D eigenvalue weighted by Gasteiger charge is 2.05. The van der Waals surface area contributed by atoms with Crippen molar-refractivity contribution in [3.8, 4) is 11.5 Å². The van der Waals surface area contributed by atoms with Crippen molar-refractivity contribution < 1.29 is 4.42 Å². The van der Waals surface area contributed by atoms with Gasteiger partial charge < -0.3 is 8.82 Å². The summed E-state index contributed by atoms with van der Waals surface area (Å²) in [6.07, 6.45) is 8.84. The van der Waals surface area contributed by atoms with E-state index in [0.717, 1.165) is 17.1 Å². The minimum absolute atomic E-state index is 0.772. The largest absolute Gasteiger partial charge is 0.463 e. The molecule has 0 aliphatic carbocycles. The van der Waals surface area contributed by atoms with Gasteiger partial charge in [0.25, 0.3) is 0 Å². The molecular formula is C10H7N3O. The number of nitrogens with zero attached hydrogens (tertiary/aromatic N) is 3. The van der Waals surface area contributed by atoms with Gasteiger partial charge in [0.2, 0.25) is 0 Å². The third-order valence-electron chi connectivity index (χ3n) is 2.04. The maximum Gasteiger partial charge on any atom is 0.156 e. The molecule has 0 amide bonds. The van der Waals surface area contributed by atoms with Crippen LogP contribution in [0.2, 0.25) is 0 Å². The molecule has 0 atom stereocenters. The molecule has 0 aliphatic rings. The predicted molar refractivity (Wildman–Crippen MR) is 50.7 cm³/mol. The molecule has 4 nitrogen and oxygen atoms in total. The van der Waals surface area contributed by atoms with Crippen LogP contribution in [-0.2, 0) is 0 Å². The molecule has 4 heteroatoms. The molecule has 0 unspecified atom stereocenters. The topological polar surface area (TPSA) is 43.3 Å². The fourth-order valence-corrected chi connectivity index (χ4v) is 1.39. The smallest absolute Gasteiger partial charge is 0.156 e.